The summed E-state index contributed by atoms with van der Waals surface area (Å²) in [5.74, 6) is 0.440. The topological polar surface area (TPSA) is 17.1 Å². The average Bonchev–Trinajstić information content (AvgIpc) is 2.27. The molecule has 0 unspecified atom stereocenters. The van der Waals surface area contributed by atoms with Gasteiger partial charge in [-0.2, -0.15) is 13.2 Å². The van der Waals surface area contributed by atoms with Gasteiger partial charge in [-0.1, -0.05) is 32.4 Å². The van der Waals surface area contributed by atoms with E-state index in [4.69, 9.17) is 0 Å². The number of benzene rings is 1. The molecule has 0 bridgehead atoms. The van der Waals surface area contributed by atoms with Gasteiger partial charge in [0, 0.05) is 12.0 Å². The SMILES string of the molecule is CC(C)CCCC(=O)c1ccc(C(F)(F)F)cc1. The van der Waals surface area contributed by atoms with Gasteiger partial charge in [0.05, 0.1) is 5.56 Å². The molecule has 1 aromatic rings. The van der Waals surface area contributed by atoms with Crippen LogP contribution in [0.25, 0.3) is 0 Å². The first-order valence-electron chi connectivity index (χ1n) is 6.01. The number of halogens is 3. The molecule has 0 saturated heterocycles. The quantitative estimate of drug-likeness (QED) is 0.699. The van der Waals surface area contributed by atoms with Crippen LogP contribution in [0.2, 0.25) is 0 Å². The lowest BCUT2D eigenvalue weighted by Gasteiger charge is -2.07. The Morgan fingerprint density at radius 2 is 1.72 bits per heavy atom. The van der Waals surface area contributed by atoms with Crippen LogP contribution in [0.15, 0.2) is 24.3 Å². The summed E-state index contributed by atoms with van der Waals surface area (Å²) in [4.78, 5) is 11.7. The van der Waals surface area contributed by atoms with Crippen molar-refractivity contribution in [2.75, 3.05) is 0 Å². The number of rotatable bonds is 5. The second-order valence-corrected chi connectivity index (χ2v) is 4.78. The molecule has 1 aromatic carbocycles. The molecule has 0 amide bonds. The lowest BCUT2D eigenvalue weighted by molar-refractivity contribution is -0.137. The third-order valence-corrected chi connectivity index (χ3v) is 2.72. The summed E-state index contributed by atoms with van der Waals surface area (Å²) in [5, 5.41) is 0. The summed E-state index contributed by atoms with van der Waals surface area (Å²) >= 11 is 0. The Hall–Kier alpha value is -1.32. The van der Waals surface area contributed by atoms with Crippen molar-refractivity contribution in [1.29, 1.82) is 0 Å². The summed E-state index contributed by atoms with van der Waals surface area (Å²) in [6.07, 6.45) is -2.23. The number of ketones is 1. The third kappa shape index (κ3) is 4.51. The van der Waals surface area contributed by atoms with Crippen molar-refractivity contribution in [3.05, 3.63) is 35.4 Å². The lowest BCUT2D eigenvalue weighted by Crippen LogP contribution is -2.06. The first-order valence-corrected chi connectivity index (χ1v) is 6.01. The van der Waals surface area contributed by atoms with Crippen LogP contribution < -0.4 is 0 Å². The molecule has 18 heavy (non-hydrogen) atoms. The fraction of sp³-hybridized carbons (Fsp3) is 0.500. The first kappa shape index (κ1) is 14.7. The van der Waals surface area contributed by atoms with Crippen molar-refractivity contribution in [1.82, 2.24) is 0 Å². The summed E-state index contributed by atoms with van der Waals surface area (Å²) in [7, 11) is 0. The van der Waals surface area contributed by atoms with Gasteiger partial charge in [0.1, 0.15) is 0 Å². The summed E-state index contributed by atoms with van der Waals surface area (Å²) < 4.78 is 37.0. The minimum absolute atomic E-state index is 0.0932. The zero-order valence-corrected chi connectivity index (χ0v) is 10.6. The van der Waals surface area contributed by atoms with Crippen LogP contribution >= 0.6 is 0 Å². The molecule has 0 aliphatic rings. The Morgan fingerprint density at radius 1 is 1.17 bits per heavy atom. The predicted octanol–water partition coefficient (Wildman–Crippen LogP) is 4.71. The Bertz CT molecular complexity index is 390. The molecule has 1 rings (SSSR count). The molecule has 0 saturated carbocycles. The molecule has 0 N–H and O–H groups in total. The van der Waals surface area contributed by atoms with Crippen LogP contribution in [-0.2, 0) is 6.18 Å². The van der Waals surface area contributed by atoms with E-state index in [9.17, 15) is 18.0 Å². The van der Waals surface area contributed by atoms with Gasteiger partial charge in [0.2, 0.25) is 0 Å². The second kappa shape index (κ2) is 6.03. The fourth-order valence-corrected chi connectivity index (χ4v) is 1.66. The van der Waals surface area contributed by atoms with E-state index in [1.807, 2.05) is 0 Å². The van der Waals surface area contributed by atoms with Gasteiger partial charge in [0.15, 0.2) is 5.78 Å². The van der Waals surface area contributed by atoms with Gasteiger partial charge in [0.25, 0.3) is 0 Å². The van der Waals surface area contributed by atoms with Gasteiger partial charge in [-0.05, 0) is 24.5 Å². The number of alkyl halides is 3. The maximum Gasteiger partial charge on any atom is 0.416 e. The number of hydrogen-bond donors (Lipinski definition) is 0. The summed E-state index contributed by atoms with van der Waals surface area (Å²) in [6.45, 7) is 4.14. The Balaban J connectivity index is 2.60. The molecule has 1 nitrogen and oxygen atoms in total. The highest BCUT2D eigenvalue weighted by molar-refractivity contribution is 5.96. The number of hydrogen-bond acceptors (Lipinski definition) is 1. The van der Waals surface area contributed by atoms with Crippen LogP contribution in [0.4, 0.5) is 13.2 Å². The molecule has 0 aliphatic carbocycles. The molecule has 4 heteroatoms. The van der Waals surface area contributed by atoms with Crippen molar-refractivity contribution in [3.63, 3.8) is 0 Å². The van der Waals surface area contributed by atoms with E-state index in [2.05, 4.69) is 13.8 Å². The van der Waals surface area contributed by atoms with Gasteiger partial charge in [-0.25, -0.2) is 0 Å². The number of carbonyl (C=O) groups is 1. The van der Waals surface area contributed by atoms with Gasteiger partial charge in [-0.15, -0.1) is 0 Å². The van der Waals surface area contributed by atoms with E-state index in [1.54, 1.807) is 0 Å². The number of carbonyl (C=O) groups excluding carboxylic acids is 1. The molecular weight excluding hydrogens is 241 g/mol. The second-order valence-electron chi connectivity index (χ2n) is 4.78. The molecule has 0 atom stereocenters. The molecule has 0 radical (unpaired) electrons. The maximum atomic E-state index is 12.3. The smallest absolute Gasteiger partial charge is 0.294 e. The van der Waals surface area contributed by atoms with Crippen molar-refractivity contribution in [3.8, 4) is 0 Å². The Labute approximate surface area is 105 Å². The summed E-state index contributed by atoms with van der Waals surface area (Å²) in [5.41, 5.74) is -0.368. The predicted molar refractivity (Wildman–Crippen MR) is 64.5 cm³/mol. The van der Waals surface area contributed by atoms with Crippen molar-refractivity contribution in [2.45, 2.75) is 39.3 Å². The third-order valence-electron chi connectivity index (χ3n) is 2.72. The van der Waals surface area contributed by atoms with Gasteiger partial charge >= 0.3 is 6.18 Å². The fourth-order valence-electron chi connectivity index (χ4n) is 1.66. The van der Waals surface area contributed by atoms with Gasteiger partial charge in [-0.3, -0.25) is 4.79 Å². The van der Waals surface area contributed by atoms with Crippen molar-refractivity contribution >= 4 is 5.78 Å². The van der Waals surface area contributed by atoms with Crippen LogP contribution in [0, 0.1) is 5.92 Å². The van der Waals surface area contributed by atoms with Gasteiger partial charge < -0.3 is 0 Å². The minimum atomic E-state index is -4.35. The lowest BCUT2D eigenvalue weighted by atomic mass is 10.0. The normalized spacial score (nSPS) is 11.9. The van der Waals surface area contributed by atoms with Crippen LogP contribution in [0.5, 0.6) is 0 Å². The largest absolute Gasteiger partial charge is 0.416 e. The summed E-state index contributed by atoms with van der Waals surface area (Å²) in [6, 6.07) is 4.41. The molecule has 0 fully saturated rings. The van der Waals surface area contributed by atoms with E-state index in [-0.39, 0.29) is 5.78 Å². The van der Waals surface area contributed by atoms with E-state index < -0.39 is 11.7 Å². The number of Topliss-reactive ketones (excluding diaryl/α,β-unsaturated/α-hetero) is 1. The monoisotopic (exact) mass is 258 g/mol. The van der Waals surface area contributed by atoms with Crippen molar-refractivity contribution < 1.29 is 18.0 Å². The highest BCUT2D eigenvalue weighted by Gasteiger charge is 2.30. The van der Waals surface area contributed by atoms with E-state index in [1.165, 1.54) is 12.1 Å². The zero-order chi connectivity index (χ0) is 13.8. The van der Waals surface area contributed by atoms with E-state index >= 15 is 0 Å². The maximum absolute atomic E-state index is 12.3. The molecule has 0 aliphatic heterocycles. The Kier molecular flexibility index (Phi) is 4.93. The highest BCUT2D eigenvalue weighted by Crippen LogP contribution is 2.29. The highest BCUT2D eigenvalue weighted by atomic mass is 19.4. The molecule has 0 aromatic heterocycles. The molecular formula is C14H17F3O. The zero-order valence-electron chi connectivity index (χ0n) is 10.6. The first-order chi connectivity index (χ1) is 8.30. The molecule has 0 heterocycles. The van der Waals surface area contributed by atoms with Crippen LogP contribution in [-0.4, -0.2) is 5.78 Å². The van der Waals surface area contributed by atoms with Crippen molar-refractivity contribution in [2.24, 2.45) is 5.92 Å². The van der Waals surface area contributed by atoms with Crippen LogP contribution in [0.3, 0.4) is 0 Å². The van der Waals surface area contributed by atoms with E-state index in [0.29, 0.717) is 17.9 Å². The minimum Gasteiger partial charge on any atom is -0.294 e. The Morgan fingerprint density at radius 3 is 2.17 bits per heavy atom. The standard InChI is InChI=1S/C14H17F3O/c1-10(2)4-3-5-13(18)11-6-8-12(9-7-11)14(15,16)17/h6-10H,3-5H2,1-2H3. The molecule has 0 spiro atoms. The van der Waals surface area contributed by atoms with Crippen LogP contribution in [0.1, 0.15) is 49.0 Å². The molecule has 100 valence electrons. The average molecular weight is 258 g/mol. The van der Waals surface area contributed by atoms with E-state index in [0.717, 1.165) is 25.0 Å².